The molecule has 1 N–H and O–H groups in total. The SMILES string of the molecule is COc1ccc(CCC2(C3CCCC3)CC(O)=C(Cc3nc(C)nn3C)C(=O)O2)c(Cl)c1. The Morgan fingerprint density at radius 3 is 2.69 bits per heavy atom. The number of hydrogen-bond donors (Lipinski definition) is 1. The number of ether oxygens (including phenoxy) is 2. The van der Waals surface area contributed by atoms with Crippen LogP contribution in [-0.2, 0) is 29.4 Å². The second-order valence-electron chi connectivity index (χ2n) is 8.87. The van der Waals surface area contributed by atoms with Crippen molar-refractivity contribution in [1.82, 2.24) is 14.8 Å². The molecule has 7 nitrogen and oxygen atoms in total. The maximum absolute atomic E-state index is 13.1. The van der Waals surface area contributed by atoms with E-state index in [1.807, 2.05) is 12.1 Å². The average Bonchev–Trinajstić information content (AvgIpc) is 3.40. The molecule has 2 aliphatic rings. The summed E-state index contributed by atoms with van der Waals surface area (Å²) < 4.78 is 13.1. The number of methoxy groups -OCH3 is 1. The number of aromatic nitrogens is 3. The molecule has 2 aromatic rings. The van der Waals surface area contributed by atoms with Crippen LogP contribution in [0.5, 0.6) is 5.75 Å². The van der Waals surface area contributed by atoms with Crippen LogP contribution in [0.25, 0.3) is 0 Å². The van der Waals surface area contributed by atoms with Crippen molar-refractivity contribution in [3.63, 3.8) is 0 Å². The number of carbonyl (C=O) groups excluding carboxylic acids is 1. The fourth-order valence-electron chi connectivity index (χ4n) is 5.06. The maximum atomic E-state index is 13.1. The lowest BCUT2D eigenvalue weighted by Crippen LogP contribution is -2.46. The van der Waals surface area contributed by atoms with Gasteiger partial charge in [0.25, 0.3) is 0 Å². The third kappa shape index (κ3) is 4.49. The number of aliphatic hydroxyl groups is 1. The number of nitrogens with zero attached hydrogens (tertiary/aromatic N) is 3. The molecule has 32 heavy (non-hydrogen) atoms. The lowest BCUT2D eigenvalue weighted by molar-refractivity contribution is -0.167. The lowest BCUT2D eigenvalue weighted by Gasteiger charge is -2.42. The van der Waals surface area contributed by atoms with Crippen molar-refractivity contribution in [1.29, 1.82) is 0 Å². The summed E-state index contributed by atoms with van der Waals surface area (Å²) in [5, 5.41) is 15.9. The van der Waals surface area contributed by atoms with Gasteiger partial charge >= 0.3 is 5.97 Å². The minimum atomic E-state index is -0.722. The summed E-state index contributed by atoms with van der Waals surface area (Å²) >= 11 is 6.46. The van der Waals surface area contributed by atoms with E-state index in [0.29, 0.717) is 41.7 Å². The topological polar surface area (TPSA) is 86.5 Å². The highest BCUT2D eigenvalue weighted by Crippen LogP contribution is 2.46. The molecule has 1 aromatic heterocycles. The first-order valence-electron chi connectivity index (χ1n) is 11.1. The van der Waals surface area contributed by atoms with Gasteiger partial charge in [0.2, 0.25) is 0 Å². The summed E-state index contributed by atoms with van der Waals surface area (Å²) in [6.07, 6.45) is 6.00. The Hall–Kier alpha value is -2.54. The van der Waals surface area contributed by atoms with Crippen LogP contribution >= 0.6 is 11.6 Å². The second kappa shape index (κ2) is 9.14. The minimum Gasteiger partial charge on any atom is -0.512 e. The Labute approximate surface area is 193 Å². The molecule has 2 heterocycles. The quantitative estimate of drug-likeness (QED) is 0.606. The third-order valence-electron chi connectivity index (χ3n) is 6.83. The van der Waals surface area contributed by atoms with Gasteiger partial charge in [-0.15, -0.1) is 0 Å². The van der Waals surface area contributed by atoms with E-state index < -0.39 is 11.6 Å². The summed E-state index contributed by atoms with van der Waals surface area (Å²) in [7, 11) is 3.39. The second-order valence-corrected chi connectivity index (χ2v) is 9.28. The van der Waals surface area contributed by atoms with Crippen molar-refractivity contribution in [3.8, 4) is 5.75 Å². The largest absolute Gasteiger partial charge is 0.512 e. The van der Waals surface area contributed by atoms with Crippen LogP contribution in [0.4, 0.5) is 0 Å². The van der Waals surface area contributed by atoms with Gasteiger partial charge in [0.1, 0.15) is 28.8 Å². The van der Waals surface area contributed by atoms with Crippen LogP contribution in [0.1, 0.15) is 55.7 Å². The highest BCUT2D eigenvalue weighted by molar-refractivity contribution is 6.31. The van der Waals surface area contributed by atoms with E-state index in [1.165, 1.54) is 0 Å². The number of halogens is 1. The molecular formula is C24H30ClN3O4. The Morgan fingerprint density at radius 2 is 2.09 bits per heavy atom. The molecule has 0 bridgehead atoms. The Kier molecular flexibility index (Phi) is 6.47. The van der Waals surface area contributed by atoms with Gasteiger partial charge in [0.15, 0.2) is 0 Å². The first-order valence-corrected chi connectivity index (χ1v) is 11.5. The van der Waals surface area contributed by atoms with E-state index in [-0.39, 0.29) is 23.7 Å². The first-order chi connectivity index (χ1) is 15.3. The summed E-state index contributed by atoms with van der Waals surface area (Å²) in [5.41, 5.74) is 0.529. The van der Waals surface area contributed by atoms with Crippen LogP contribution in [-0.4, -0.2) is 38.6 Å². The number of cyclic esters (lactones) is 1. The smallest absolute Gasteiger partial charge is 0.338 e. The summed E-state index contributed by atoms with van der Waals surface area (Å²) in [5.74, 6) is 1.83. The molecule has 1 aliphatic carbocycles. The van der Waals surface area contributed by atoms with E-state index in [1.54, 1.807) is 31.8 Å². The van der Waals surface area contributed by atoms with Gasteiger partial charge in [-0.2, -0.15) is 5.10 Å². The van der Waals surface area contributed by atoms with E-state index in [0.717, 1.165) is 31.2 Å². The van der Waals surface area contributed by atoms with Crippen molar-refractivity contribution in [2.24, 2.45) is 13.0 Å². The Bertz CT molecular complexity index is 1040. The molecule has 0 spiro atoms. The molecule has 1 aromatic carbocycles. The number of hydrogen-bond acceptors (Lipinski definition) is 6. The molecule has 0 saturated heterocycles. The van der Waals surface area contributed by atoms with E-state index in [4.69, 9.17) is 21.1 Å². The molecule has 0 amide bonds. The van der Waals surface area contributed by atoms with Gasteiger partial charge in [0.05, 0.1) is 12.7 Å². The van der Waals surface area contributed by atoms with Gasteiger partial charge < -0.3 is 14.6 Å². The monoisotopic (exact) mass is 459 g/mol. The van der Waals surface area contributed by atoms with Crippen molar-refractivity contribution in [2.45, 2.75) is 63.9 Å². The van der Waals surface area contributed by atoms with E-state index in [2.05, 4.69) is 10.1 Å². The summed E-state index contributed by atoms with van der Waals surface area (Å²) in [6.45, 7) is 1.80. The number of benzene rings is 1. The molecule has 172 valence electrons. The number of aliphatic hydroxyl groups excluding tert-OH is 1. The summed E-state index contributed by atoms with van der Waals surface area (Å²) in [6, 6.07) is 5.63. The average molecular weight is 460 g/mol. The highest BCUT2D eigenvalue weighted by Gasteiger charge is 2.48. The molecule has 8 heteroatoms. The zero-order chi connectivity index (χ0) is 22.9. The first kappa shape index (κ1) is 22.6. The molecule has 1 saturated carbocycles. The molecule has 1 fully saturated rings. The highest BCUT2D eigenvalue weighted by atomic mass is 35.5. The molecule has 1 atom stereocenters. The summed E-state index contributed by atoms with van der Waals surface area (Å²) in [4.78, 5) is 17.5. The van der Waals surface area contributed by atoms with Crippen LogP contribution in [0.15, 0.2) is 29.5 Å². The Morgan fingerprint density at radius 1 is 1.34 bits per heavy atom. The van der Waals surface area contributed by atoms with E-state index in [9.17, 15) is 9.90 Å². The Balaban J connectivity index is 1.59. The van der Waals surface area contributed by atoms with Gasteiger partial charge in [-0.25, -0.2) is 9.78 Å². The number of aryl methyl sites for hydroxylation is 3. The van der Waals surface area contributed by atoms with Crippen LogP contribution in [0.2, 0.25) is 5.02 Å². The van der Waals surface area contributed by atoms with Crippen LogP contribution in [0, 0.1) is 12.8 Å². The van der Waals surface area contributed by atoms with Crippen LogP contribution in [0.3, 0.4) is 0 Å². The van der Waals surface area contributed by atoms with Crippen molar-refractivity contribution >= 4 is 17.6 Å². The molecule has 1 aliphatic heterocycles. The molecule has 4 rings (SSSR count). The van der Waals surface area contributed by atoms with Crippen molar-refractivity contribution in [2.75, 3.05) is 7.11 Å². The zero-order valence-electron chi connectivity index (χ0n) is 18.9. The lowest BCUT2D eigenvalue weighted by atomic mass is 9.76. The standard InChI is InChI=1S/C24H30ClN3O4/c1-15-26-22(28(2)27-15)13-19-21(29)14-24(32-23(19)30,17-6-4-5-7-17)11-10-16-8-9-18(31-3)12-20(16)25/h8-9,12,17,29H,4-7,10-11,13-14H2,1-3H3. The van der Waals surface area contributed by atoms with Gasteiger partial charge in [0, 0.05) is 24.9 Å². The fourth-order valence-corrected chi connectivity index (χ4v) is 5.32. The van der Waals surface area contributed by atoms with Gasteiger partial charge in [-0.1, -0.05) is 30.5 Å². The predicted molar refractivity (Wildman–Crippen MR) is 121 cm³/mol. The number of esters is 1. The zero-order valence-corrected chi connectivity index (χ0v) is 19.6. The van der Waals surface area contributed by atoms with Crippen molar-refractivity contribution in [3.05, 3.63) is 51.8 Å². The number of rotatable bonds is 7. The minimum absolute atomic E-state index is 0.106. The van der Waals surface area contributed by atoms with Gasteiger partial charge in [-0.05, 0) is 56.2 Å². The predicted octanol–water partition coefficient (Wildman–Crippen LogP) is 4.65. The molecular weight excluding hydrogens is 430 g/mol. The normalized spacial score (nSPS) is 21.8. The van der Waals surface area contributed by atoms with Crippen molar-refractivity contribution < 1.29 is 19.4 Å². The van der Waals surface area contributed by atoms with Gasteiger partial charge in [-0.3, -0.25) is 4.68 Å². The molecule has 0 radical (unpaired) electrons. The maximum Gasteiger partial charge on any atom is 0.338 e. The fraction of sp³-hybridized carbons (Fsp3) is 0.542. The number of carbonyl (C=O) groups is 1. The third-order valence-corrected chi connectivity index (χ3v) is 7.18. The molecule has 1 unspecified atom stereocenters. The van der Waals surface area contributed by atoms with Crippen LogP contribution < -0.4 is 4.74 Å². The van der Waals surface area contributed by atoms with E-state index >= 15 is 0 Å².